The maximum Gasteiger partial charge on any atom is 0.305 e. The molecule has 2 aromatic carbocycles. The first-order valence-electron chi connectivity index (χ1n) is 8.27. The van der Waals surface area contributed by atoms with Gasteiger partial charge in [0.05, 0.1) is 0 Å². The van der Waals surface area contributed by atoms with Gasteiger partial charge in [0.15, 0.2) is 11.9 Å². The molecule has 6 heteroatoms. The van der Waals surface area contributed by atoms with E-state index in [1.54, 1.807) is 32.0 Å². The van der Waals surface area contributed by atoms with Crippen molar-refractivity contribution in [1.29, 1.82) is 0 Å². The van der Waals surface area contributed by atoms with Gasteiger partial charge in [0, 0.05) is 10.9 Å². The Labute approximate surface area is 151 Å². The first kappa shape index (κ1) is 17.5. The zero-order valence-corrected chi connectivity index (χ0v) is 14.8. The third kappa shape index (κ3) is 3.69. The molecule has 6 nitrogen and oxygen atoms in total. The molecule has 3 aromatic rings. The minimum absolute atomic E-state index is 0.165. The van der Waals surface area contributed by atoms with Gasteiger partial charge in [-0.05, 0) is 39.0 Å². The van der Waals surface area contributed by atoms with Crippen molar-refractivity contribution >= 4 is 22.8 Å². The first-order valence-corrected chi connectivity index (χ1v) is 8.27. The monoisotopic (exact) mass is 352 g/mol. The van der Waals surface area contributed by atoms with Gasteiger partial charge < -0.3 is 9.15 Å². The lowest BCUT2D eigenvalue weighted by Gasteiger charge is -2.15. The highest BCUT2D eigenvalue weighted by atomic mass is 16.5. The molecule has 1 unspecified atom stereocenters. The minimum Gasteiger partial charge on any atom is -0.481 e. The number of para-hydroxylation sites is 1. The number of nitrogens with one attached hydrogen (secondary N) is 2. The van der Waals surface area contributed by atoms with Crippen LogP contribution in [0.4, 0.5) is 0 Å². The van der Waals surface area contributed by atoms with Gasteiger partial charge >= 0.3 is 5.91 Å². The molecule has 0 aliphatic heterocycles. The summed E-state index contributed by atoms with van der Waals surface area (Å²) in [6.07, 6.45) is -0.769. The number of hydrogen-bond donors (Lipinski definition) is 2. The van der Waals surface area contributed by atoms with E-state index in [0.717, 1.165) is 16.5 Å². The average Bonchev–Trinajstić information content (AvgIpc) is 2.98. The molecule has 134 valence electrons. The predicted molar refractivity (Wildman–Crippen MR) is 97.8 cm³/mol. The lowest BCUT2D eigenvalue weighted by Crippen LogP contribution is -2.47. The number of carbonyl (C=O) groups is 2. The molecule has 1 aromatic heterocycles. The molecular formula is C20H20N2O4. The summed E-state index contributed by atoms with van der Waals surface area (Å²) < 4.78 is 11.1. The van der Waals surface area contributed by atoms with Crippen LogP contribution in [-0.4, -0.2) is 17.9 Å². The van der Waals surface area contributed by atoms with Crippen molar-refractivity contribution in [3.05, 3.63) is 65.4 Å². The first-order chi connectivity index (χ1) is 12.5. The van der Waals surface area contributed by atoms with Crippen LogP contribution in [0.15, 0.2) is 52.9 Å². The molecule has 2 amide bonds. The topological polar surface area (TPSA) is 80.6 Å². The van der Waals surface area contributed by atoms with Crippen LogP contribution in [0, 0.1) is 13.8 Å². The maximum atomic E-state index is 12.3. The van der Waals surface area contributed by atoms with Gasteiger partial charge in [-0.25, -0.2) is 0 Å². The zero-order chi connectivity index (χ0) is 18.7. The Morgan fingerprint density at radius 2 is 1.69 bits per heavy atom. The molecular weight excluding hydrogens is 332 g/mol. The molecule has 0 bridgehead atoms. The van der Waals surface area contributed by atoms with Crippen molar-refractivity contribution in [2.45, 2.75) is 26.9 Å². The number of fused-ring (bicyclic) bond motifs is 1. The van der Waals surface area contributed by atoms with E-state index in [2.05, 4.69) is 10.9 Å². The molecule has 0 aliphatic rings. The van der Waals surface area contributed by atoms with E-state index < -0.39 is 17.9 Å². The normalized spacial score (nSPS) is 11.8. The summed E-state index contributed by atoms with van der Waals surface area (Å²) >= 11 is 0. The van der Waals surface area contributed by atoms with E-state index in [-0.39, 0.29) is 5.76 Å². The van der Waals surface area contributed by atoms with Gasteiger partial charge in [0.1, 0.15) is 11.3 Å². The Bertz CT molecular complexity index is 944. The Kier molecular flexibility index (Phi) is 4.93. The van der Waals surface area contributed by atoms with E-state index in [0.29, 0.717) is 11.3 Å². The Hall–Kier alpha value is -3.28. The van der Waals surface area contributed by atoms with Gasteiger partial charge in [-0.15, -0.1) is 0 Å². The smallest absolute Gasteiger partial charge is 0.305 e. The van der Waals surface area contributed by atoms with Crippen LogP contribution in [0.2, 0.25) is 0 Å². The van der Waals surface area contributed by atoms with Gasteiger partial charge in [-0.2, -0.15) is 0 Å². The summed E-state index contributed by atoms with van der Waals surface area (Å²) in [5.41, 5.74) is 7.17. The van der Waals surface area contributed by atoms with Crippen LogP contribution in [-0.2, 0) is 4.79 Å². The largest absolute Gasteiger partial charge is 0.481 e. The fourth-order valence-electron chi connectivity index (χ4n) is 2.54. The SMILES string of the molecule is Cc1ccc(OC(C)C(=O)NNC(=O)c2oc3ccccc3c2C)cc1. The van der Waals surface area contributed by atoms with E-state index in [4.69, 9.17) is 9.15 Å². The third-order valence-corrected chi connectivity index (χ3v) is 4.05. The summed E-state index contributed by atoms with van der Waals surface area (Å²) in [5, 5.41) is 0.861. The van der Waals surface area contributed by atoms with Gasteiger partial charge in [-0.3, -0.25) is 20.4 Å². The van der Waals surface area contributed by atoms with Gasteiger partial charge in [-0.1, -0.05) is 35.9 Å². The average molecular weight is 352 g/mol. The zero-order valence-electron chi connectivity index (χ0n) is 14.8. The number of aryl methyl sites for hydroxylation is 2. The van der Waals surface area contributed by atoms with Crippen molar-refractivity contribution in [2.24, 2.45) is 0 Å². The Balaban J connectivity index is 1.60. The maximum absolute atomic E-state index is 12.3. The predicted octanol–water partition coefficient (Wildman–Crippen LogP) is 3.28. The van der Waals surface area contributed by atoms with E-state index in [1.807, 2.05) is 37.3 Å². The van der Waals surface area contributed by atoms with Crippen molar-refractivity contribution in [1.82, 2.24) is 10.9 Å². The van der Waals surface area contributed by atoms with Crippen LogP contribution >= 0.6 is 0 Å². The molecule has 0 saturated carbocycles. The molecule has 0 radical (unpaired) electrons. The molecule has 1 atom stereocenters. The molecule has 3 rings (SSSR count). The highest BCUT2D eigenvalue weighted by Gasteiger charge is 2.20. The fourth-order valence-corrected chi connectivity index (χ4v) is 2.54. The number of amides is 2. The highest BCUT2D eigenvalue weighted by Crippen LogP contribution is 2.24. The molecule has 0 spiro atoms. The number of ether oxygens (including phenoxy) is 1. The number of carbonyl (C=O) groups excluding carboxylic acids is 2. The molecule has 26 heavy (non-hydrogen) atoms. The standard InChI is InChI=1S/C20H20N2O4/c1-12-8-10-15(11-9-12)25-14(3)19(23)21-22-20(24)18-13(2)16-6-4-5-7-17(16)26-18/h4-11,14H,1-3H3,(H,21,23)(H,22,24). The van der Waals surface area contributed by atoms with Crippen molar-refractivity contribution in [2.75, 3.05) is 0 Å². The number of rotatable bonds is 4. The van der Waals surface area contributed by atoms with E-state index >= 15 is 0 Å². The lowest BCUT2D eigenvalue weighted by molar-refractivity contribution is -0.128. The van der Waals surface area contributed by atoms with Crippen LogP contribution in [0.25, 0.3) is 11.0 Å². The molecule has 0 fully saturated rings. The number of hydrazine groups is 1. The lowest BCUT2D eigenvalue weighted by atomic mass is 10.1. The molecule has 0 saturated heterocycles. The molecule has 1 heterocycles. The molecule has 0 aliphatic carbocycles. The van der Waals surface area contributed by atoms with Crippen molar-refractivity contribution in [3.63, 3.8) is 0 Å². The summed E-state index contributed by atoms with van der Waals surface area (Å²) in [4.78, 5) is 24.4. The Morgan fingerprint density at radius 1 is 1.00 bits per heavy atom. The van der Waals surface area contributed by atoms with Gasteiger partial charge in [0.2, 0.25) is 0 Å². The van der Waals surface area contributed by atoms with E-state index in [9.17, 15) is 9.59 Å². The highest BCUT2D eigenvalue weighted by molar-refractivity contribution is 5.99. The van der Waals surface area contributed by atoms with Crippen LogP contribution in [0.5, 0.6) is 5.75 Å². The quantitative estimate of drug-likeness (QED) is 0.706. The third-order valence-electron chi connectivity index (χ3n) is 4.05. The van der Waals surface area contributed by atoms with E-state index in [1.165, 1.54) is 0 Å². The second-order valence-electron chi connectivity index (χ2n) is 6.07. The Morgan fingerprint density at radius 3 is 2.38 bits per heavy atom. The van der Waals surface area contributed by atoms with Gasteiger partial charge in [0.25, 0.3) is 5.91 Å². The van der Waals surface area contributed by atoms with Crippen LogP contribution in [0.3, 0.4) is 0 Å². The fraction of sp³-hybridized carbons (Fsp3) is 0.200. The summed E-state index contributed by atoms with van der Waals surface area (Å²) in [7, 11) is 0. The summed E-state index contributed by atoms with van der Waals surface area (Å²) in [6.45, 7) is 5.37. The van der Waals surface area contributed by atoms with Crippen molar-refractivity contribution in [3.8, 4) is 5.75 Å². The number of benzene rings is 2. The molecule has 2 N–H and O–H groups in total. The number of furan rings is 1. The number of hydrogen-bond acceptors (Lipinski definition) is 4. The second-order valence-corrected chi connectivity index (χ2v) is 6.07. The minimum atomic E-state index is -0.769. The van der Waals surface area contributed by atoms with Crippen LogP contribution in [0.1, 0.15) is 28.6 Å². The summed E-state index contributed by atoms with van der Waals surface area (Å²) in [5.74, 6) is -0.237. The van der Waals surface area contributed by atoms with Crippen LogP contribution < -0.4 is 15.6 Å². The summed E-state index contributed by atoms with van der Waals surface area (Å²) in [6, 6.07) is 14.7. The van der Waals surface area contributed by atoms with Crippen molar-refractivity contribution < 1.29 is 18.7 Å². The second kappa shape index (κ2) is 7.31.